The first-order chi connectivity index (χ1) is 14.9. The van der Waals surface area contributed by atoms with Crippen LogP contribution >= 0.6 is 0 Å². The summed E-state index contributed by atoms with van der Waals surface area (Å²) in [5, 5.41) is 3.07. The molecule has 0 spiro atoms. The Balaban J connectivity index is 1.69. The van der Waals surface area contributed by atoms with Crippen molar-refractivity contribution in [1.29, 1.82) is 0 Å². The number of carbonyl (C=O) groups excluding carboxylic acids is 1. The second-order valence-electron chi connectivity index (χ2n) is 8.53. The number of carbonyl (C=O) groups is 1. The second-order valence-corrected chi connectivity index (χ2v) is 11.7. The maximum Gasteiger partial charge on any atom is 0.255 e. The molecule has 31 heavy (non-hydrogen) atoms. The Bertz CT molecular complexity index is 984. The molecular weight excluding hydrogens is 422 g/mol. The van der Waals surface area contributed by atoms with Gasteiger partial charge >= 0.3 is 0 Å². The van der Waals surface area contributed by atoms with Gasteiger partial charge < -0.3 is 10.2 Å². The van der Waals surface area contributed by atoms with Crippen LogP contribution in [0.15, 0.2) is 47.4 Å². The van der Waals surface area contributed by atoms with Crippen molar-refractivity contribution in [3.8, 4) is 0 Å². The van der Waals surface area contributed by atoms with Crippen LogP contribution in [0.25, 0.3) is 0 Å². The van der Waals surface area contributed by atoms with Gasteiger partial charge in [-0.05, 0) is 117 Å². The molecule has 4 nitrogen and oxygen atoms in total. The lowest BCUT2D eigenvalue weighted by Crippen LogP contribution is -2.35. The standard InChI is InChI=1S/C25H35N3OS2/c1-18-9-6-7-11-23(18)25(29)26-24-13-12-22(17-19(24)2)31(30-5)27-20(3)21-10-8-15-28(4)16-14-21/h6-7,9,11-13,17,20-21,27H,5,8,10,14-16H2,1-4H3,(H,26,29). The van der Waals surface area contributed by atoms with Crippen LogP contribution in [0.4, 0.5) is 5.69 Å². The third-order valence-electron chi connectivity index (χ3n) is 6.16. The van der Waals surface area contributed by atoms with Gasteiger partial charge in [0.25, 0.3) is 5.91 Å². The van der Waals surface area contributed by atoms with E-state index < -0.39 is 0 Å². The molecule has 0 aromatic heterocycles. The highest BCUT2D eigenvalue weighted by molar-refractivity contribution is 8.33. The van der Waals surface area contributed by atoms with Crippen molar-refractivity contribution < 1.29 is 4.79 Å². The number of amides is 1. The fourth-order valence-electron chi connectivity index (χ4n) is 4.11. The molecule has 0 aliphatic carbocycles. The summed E-state index contributed by atoms with van der Waals surface area (Å²) < 4.78 is 3.84. The summed E-state index contributed by atoms with van der Waals surface area (Å²) in [6, 6.07) is 14.4. The van der Waals surface area contributed by atoms with Crippen molar-refractivity contribution in [3.05, 3.63) is 59.2 Å². The number of aryl methyl sites for hydroxylation is 2. The number of rotatable bonds is 6. The molecule has 3 atom stereocenters. The zero-order valence-corrected chi connectivity index (χ0v) is 20.7. The molecule has 2 N–H and O–H groups in total. The van der Waals surface area contributed by atoms with E-state index >= 15 is 0 Å². The van der Waals surface area contributed by atoms with Gasteiger partial charge in [0.2, 0.25) is 0 Å². The third-order valence-corrected chi connectivity index (χ3v) is 9.24. The SMILES string of the molecule is C=S=S(NC(C)C1CCCN(C)CC1)c1ccc(NC(=O)c2ccccc2C)c(C)c1. The lowest BCUT2D eigenvalue weighted by molar-refractivity contribution is 0.102. The molecule has 2 aromatic carbocycles. The van der Waals surface area contributed by atoms with Crippen LogP contribution in [0.2, 0.25) is 0 Å². The van der Waals surface area contributed by atoms with E-state index in [4.69, 9.17) is 0 Å². The Labute approximate surface area is 192 Å². The van der Waals surface area contributed by atoms with Gasteiger partial charge in [-0.3, -0.25) is 9.52 Å². The van der Waals surface area contributed by atoms with Gasteiger partial charge in [0, 0.05) is 22.2 Å². The Morgan fingerprint density at radius 2 is 1.94 bits per heavy atom. The first kappa shape index (κ1) is 23.9. The van der Waals surface area contributed by atoms with Gasteiger partial charge in [-0.1, -0.05) is 18.2 Å². The highest BCUT2D eigenvalue weighted by Crippen LogP contribution is 2.23. The average molecular weight is 458 g/mol. The van der Waals surface area contributed by atoms with Crippen molar-refractivity contribution in [1.82, 2.24) is 9.62 Å². The maximum absolute atomic E-state index is 12.7. The molecule has 1 heterocycles. The lowest BCUT2D eigenvalue weighted by Gasteiger charge is -2.25. The minimum atomic E-state index is -0.183. The van der Waals surface area contributed by atoms with Gasteiger partial charge in [-0.15, -0.1) is 9.91 Å². The predicted octanol–water partition coefficient (Wildman–Crippen LogP) is 4.59. The molecule has 1 amide bonds. The van der Waals surface area contributed by atoms with Crippen molar-refractivity contribution in [2.45, 2.75) is 51.0 Å². The van der Waals surface area contributed by atoms with Crippen LogP contribution in [-0.2, 0) is 19.6 Å². The maximum atomic E-state index is 12.7. The molecule has 6 heteroatoms. The van der Waals surface area contributed by atoms with Crippen molar-refractivity contribution in [3.63, 3.8) is 0 Å². The van der Waals surface area contributed by atoms with E-state index in [1.807, 2.05) is 37.3 Å². The first-order valence-corrected chi connectivity index (χ1v) is 13.7. The smallest absolute Gasteiger partial charge is 0.255 e. The molecule has 1 aliphatic heterocycles. The molecule has 168 valence electrons. The second kappa shape index (κ2) is 11.2. The van der Waals surface area contributed by atoms with E-state index in [2.05, 4.69) is 53.8 Å². The zero-order valence-electron chi connectivity index (χ0n) is 19.1. The fourth-order valence-corrected chi connectivity index (χ4v) is 6.83. The van der Waals surface area contributed by atoms with E-state index in [1.54, 1.807) is 9.91 Å². The molecule has 0 bridgehead atoms. The van der Waals surface area contributed by atoms with E-state index in [0.717, 1.165) is 16.8 Å². The highest BCUT2D eigenvalue weighted by Gasteiger charge is 2.21. The molecule has 1 saturated heterocycles. The Kier molecular flexibility index (Phi) is 8.67. The average Bonchev–Trinajstić information content (AvgIpc) is 2.98. The Hall–Kier alpha value is -1.73. The summed E-state index contributed by atoms with van der Waals surface area (Å²) >= 11 is 0. The van der Waals surface area contributed by atoms with Crippen LogP contribution in [0.3, 0.4) is 0 Å². The molecule has 2 aromatic rings. The van der Waals surface area contributed by atoms with Crippen LogP contribution in [0, 0.1) is 19.8 Å². The molecule has 3 unspecified atom stereocenters. The number of benzene rings is 2. The molecule has 1 fully saturated rings. The molecule has 3 rings (SSSR count). The molecule has 0 radical (unpaired) electrons. The van der Waals surface area contributed by atoms with Crippen LogP contribution in [-0.4, -0.2) is 42.9 Å². The molecule has 0 saturated carbocycles. The zero-order chi connectivity index (χ0) is 22.4. The van der Waals surface area contributed by atoms with E-state index in [9.17, 15) is 4.79 Å². The number of nitrogens with one attached hydrogen (secondary N) is 2. The van der Waals surface area contributed by atoms with Crippen LogP contribution in [0.5, 0.6) is 0 Å². The Morgan fingerprint density at radius 1 is 1.16 bits per heavy atom. The fraction of sp³-hybridized carbons (Fsp3) is 0.440. The highest BCUT2D eigenvalue weighted by atomic mass is 32.8. The summed E-state index contributed by atoms with van der Waals surface area (Å²) in [6.45, 7) is 8.71. The third kappa shape index (κ3) is 6.39. The lowest BCUT2D eigenvalue weighted by atomic mass is 9.94. The van der Waals surface area contributed by atoms with E-state index in [-0.39, 0.29) is 15.5 Å². The topological polar surface area (TPSA) is 44.4 Å². The first-order valence-electron chi connectivity index (χ1n) is 11.0. The quantitative estimate of drug-likeness (QED) is 0.624. The van der Waals surface area contributed by atoms with Gasteiger partial charge in [0.15, 0.2) is 0 Å². The minimum Gasteiger partial charge on any atom is -0.322 e. The van der Waals surface area contributed by atoms with Gasteiger partial charge in [-0.2, -0.15) is 0 Å². The van der Waals surface area contributed by atoms with Crippen LogP contribution in [0.1, 0.15) is 47.7 Å². The van der Waals surface area contributed by atoms with Gasteiger partial charge in [-0.25, -0.2) is 0 Å². The normalized spacial score (nSPS) is 19.3. The summed E-state index contributed by atoms with van der Waals surface area (Å²) in [5.41, 5.74) is 3.61. The monoisotopic (exact) mass is 457 g/mol. The Morgan fingerprint density at radius 3 is 2.65 bits per heavy atom. The summed E-state index contributed by atoms with van der Waals surface area (Å²) in [6.07, 6.45) is 3.79. The van der Waals surface area contributed by atoms with Crippen molar-refractivity contribution in [2.75, 3.05) is 25.5 Å². The number of likely N-dealkylation sites (tertiary alicyclic amines) is 1. The number of anilines is 1. The molecule has 1 aliphatic rings. The van der Waals surface area contributed by atoms with Crippen molar-refractivity contribution >= 4 is 37.0 Å². The summed E-state index contributed by atoms with van der Waals surface area (Å²) in [7, 11) is 3.66. The summed E-state index contributed by atoms with van der Waals surface area (Å²) in [5.74, 6) is 4.76. The van der Waals surface area contributed by atoms with Gasteiger partial charge in [0.05, 0.1) is 0 Å². The minimum absolute atomic E-state index is 0.0652. The van der Waals surface area contributed by atoms with E-state index in [1.165, 1.54) is 37.2 Å². The predicted molar refractivity (Wildman–Crippen MR) is 138 cm³/mol. The largest absolute Gasteiger partial charge is 0.322 e. The summed E-state index contributed by atoms with van der Waals surface area (Å²) in [4.78, 5) is 16.4. The number of nitrogens with zero attached hydrogens (tertiary/aromatic N) is 1. The van der Waals surface area contributed by atoms with E-state index in [0.29, 0.717) is 17.5 Å². The van der Waals surface area contributed by atoms with Crippen LogP contribution < -0.4 is 10.0 Å². The number of hydrogen-bond acceptors (Lipinski definition) is 2. The van der Waals surface area contributed by atoms with Gasteiger partial charge in [0.1, 0.15) is 0 Å². The molecular formula is C25H35N3OS2. The number of hydrogen-bond donors (Lipinski definition) is 2. The van der Waals surface area contributed by atoms with Crippen molar-refractivity contribution in [2.24, 2.45) is 5.92 Å².